The maximum atomic E-state index is 12.3. The van der Waals surface area contributed by atoms with Gasteiger partial charge >= 0.3 is 0 Å². The standard InChI is InChI=1S/C15H22N2O4S2/c1-21-13-5-3-6-14(11-13)22-12-15(18)16-7-4-8-17(10-9-16)23(2,19)20/h3,5-6,11H,4,7-10,12H2,1-2H3. The molecule has 0 unspecified atom stereocenters. The molecule has 0 radical (unpaired) electrons. The van der Waals surface area contributed by atoms with Gasteiger partial charge < -0.3 is 9.64 Å². The van der Waals surface area contributed by atoms with E-state index in [9.17, 15) is 13.2 Å². The van der Waals surface area contributed by atoms with E-state index in [1.807, 2.05) is 24.3 Å². The second-order valence-electron chi connectivity index (χ2n) is 5.36. The van der Waals surface area contributed by atoms with Crippen LogP contribution in [0, 0.1) is 0 Å². The van der Waals surface area contributed by atoms with E-state index in [-0.39, 0.29) is 5.91 Å². The highest BCUT2D eigenvalue weighted by atomic mass is 32.2. The van der Waals surface area contributed by atoms with Gasteiger partial charge in [0.05, 0.1) is 19.1 Å². The highest BCUT2D eigenvalue weighted by molar-refractivity contribution is 8.00. The van der Waals surface area contributed by atoms with Crippen LogP contribution in [0.3, 0.4) is 0 Å². The van der Waals surface area contributed by atoms with Crippen molar-refractivity contribution >= 4 is 27.7 Å². The van der Waals surface area contributed by atoms with Crippen LogP contribution < -0.4 is 4.74 Å². The number of amides is 1. The zero-order chi connectivity index (χ0) is 16.9. The summed E-state index contributed by atoms with van der Waals surface area (Å²) in [6.45, 7) is 1.90. The highest BCUT2D eigenvalue weighted by Crippen LogP contribution is 2.23. The predicted octanol–water partition coefficient (Wildman–Crippen LogP) is 1.28. The largest absolute Gasteiger partial charge is 0.497 e. The molecule has 1 aliphatic heterocycles. The number of hydrogen-bond donors (Lipinski definition) is 0. The smallest absolute Gasteiger partial charge is 0.232 e. The summed E-state index contributed by atoms with van der Waals surface area (Å²) in [6, 6.07) is 7.59. The molecule has 0 aliphatic carbocycles. The van der Waals surface area contributed by atoms with E-state index in [2.05, 4.69) is 0 Å². The Morgan fingerprint density at radius 3 is 2.74 bits per heavy atom. The lowest BCUT2D eigenvalue weighted by Crippen LogP contribution is -2.37. The number of nitrogens with zero attached hydrogens (tertiary/aromatic N) is 2. The zero-order valence-electron chi connectivity index (χ0n) is 13.4. The van der Waals surface area contributed by atoms with Crippen molar-refractivity contribution in [3.8, 4) is 5.75 Å². The predicted molar refractivity (Wildman–Crippen MR) is 91.3 cm³/mol. The lowest BCUT2D eigenvalue weighted by molar-refractivity contribution is -0.128. The molecule has 0 spiro atoms. The summed E-state index contributed by atoms with van der Waals surface area (Å²) in [6.07, 6.45) is 1.88. The topological polar surface area (TPSA) is 66.9 Å². The van der Waals surface area contributed by atoms with Crippen LogP contribution in [0.5, 0.6) is 5.75 Å². The zero-order valence-corrected chi connectivity index (χ0v) is 15.0. The number of thioether (sulfide) groups is 1. The minimum atomic E-state index is -3.19. The first kappa shape index (κ1) is 18.1. The Kier molecular flexibility index (Phi) is 6.32. The van der Waals surface area contributed by atoms with Crippen molar-refractivity contribution in [3.05, 3.63) is 24.3 Å². The number of ether oxygens (including phenoxy) is 1. The Balaban J connectivity index is 1.88. The van der Waals surface area contributed by atoms with Crippen LogP contribution in [0.25, 0.3) is 0 Å². The summed E-state index contributed by atoms with van der Waals surface area (Å²) in [4.78, 5) is 15.1. The lowest BCUT2D eigenvalue weighted by Gasteiger charge is -2.21. The van der Waals surface area contributed by atoms with Crippen LogP contribution in [-0.4, -0.2) is 68.8 Å². The molecule has 1 heterocycles. The van der Waals surface area contributed by atoms with Crippen molar-refractivity contribution in [1.29, 1.82) is 0 Å². The first-order chi connectivity index (χ1) is 10.9. The van der Waals surface area contributed by atoms with Crippen LogP contribution in [0.2, 0.25) is 0 Å². The maximum absolute atomic E-state index is 12.3. The van der Waals surface area contributed by atoms with Crippen molar-refractivity contribution in [2.24, 2.45) is 0 Å². The molecule has 1 aliphatic rings. The first-order valence-corrected chi connectivity index (χ1v) is 10.2. The highest BCUT2D eigenvalue weighted by Gasteiger charge is 2.23. The maximum Gasteiger partial charge on any atom is 0.232 e. The number of methoxy groups -OCH3 is 1. The van der Waals surface area contributed by atoms with Gasteiger partial charge in [-0.2, -0.15) is 0 Å². The molecule has 0 saturated carbocycles. The minimum absolute atomic E-state index is 0.0353. The van der Waals surface area contributed by atoms with Gasteiger partial charge in [-0.3, -0.25) is 4.79 Å². The van der Waals surface area contributed by atoms with Gasteiger partial charge in [0.2, 0.25) is 15.9 Å². The molecule has 0 bridgehead atoms. The van der Waals surface area contributed by atoms with E-state index in [0.717, 1.165) is 10.6 Å². The number of hydrogen-bond acceptors (Lipinski definition) is 5. The number of carbonyl (C=O) groups is 1. The van der Waals surface area contributed by atoms with Crippen LogP contribution in [0.4, 0.5) is 0 Å². The van der Waals surface area contributed by atoms with Gasteiger partial charge in [0.25, 0.3) is 0 Å². The third-order valence-electron chi connectivity index (χ3n) is 3.68. The quantitative estimate of drug-likeness (QED) is 0.742. The second-order valence-corrected chi connectivity index (χ2v) is 8.40. The van der Waals surface area contributed by atoms with Gasteiger partial charge in [0.15, 0.2) is 0 Å². The van der Waals surface area contributed by atoms with E-state index >= 15 is 0 Å². The molecule has 6 nitrogen and oxygen atoms in total. The van der Waals surface area contributed by atoms with Crippen LogP contribution >= 0.6 is 11.8 Å². The SMILES string of the molecule is COc1cccc(SCC(=O)N2CCCN(S(C)(=O)=O)CC2)c1. The van der Waals surface area contributed by atoms with Gasteiger partial charge in [-0.05, 0) is 24.6 Å². The molecule has 1 saturated heterocycles. The minimum Gasteiger partial charge on any atom is -0.497 e. The Labute approximate surface area is 141 Å². The van der Waals surface area contributed by atoms with Crippen LogP contribution in [-0.2, 0) is 14.8 Å². The monoisotopic (exact) mass is 358 g/mol. The summed E-state index contributed by atoms with van der Waals surface area (Å²) in [5, 5.41) is 0. The summed E-state index contributed by atoms with van der Waals surface area (Å²) < 4.78 is 29.8. The molecular formula is C15H22N2O4S2. The molecule has 2 rings (SSSR count). The van der Waals surface area contributed by atoms with Crippen molar-refractivity contribution in [3.63, 3.8) is 0 Å². The molecule has 23 heavy (non-hydrogen) atoms. The number of sulfonamides is 1. The van der Waals surface area contributed by atoms with Gasteiger partial charge in [0, 0.05) is 31.1 Å². The van der Waals surface area contributed by atoms with Crippen molar-refractivity contribution in [1.82, 2.24) is 9.21 Å². The van der Waals surface area contributed by atoms with Gasteiger partial charge in [-0.15, -0.1) is 11.8 Å². The molecule has 8 heteroatoms. The Bertz CT molecular complexity index is 649. The number of rotatable bonds is 5. The molecule has 1 aromatic carbocycles. The normalized spacial score (nSPS) is 16.9. The molecule has 0 N–H and O–H groups in total. The fraction of sp³-hybridized carbons (Fsp3) is 0.533. The summed E-state index contributed by atoms with van der Waals surface area (Å²) in [7, 11) is -1.57. The Hall–Kier alpha value is -1.25. The molecular weight excluding hydrogens is 336 g/mol. The van der Waals surface area contributed by atoms with Crippen molar-refractivity contribution in [2.45, 2.75) is 11.3 Å². The first-order valence-electron chi connectivity index (χ1n) is 7.40. The Morgan fingerprint density at radius 1 is 1.26 bits per heavy atom. The molecule has 1 amide bonds. The van der Waals surface area contributed by atoms with E-state index < -0.39 is 10.0 Å². The third kappa shape index (κ3) is 5.40. The van der Waals surface area contributed by atoms with Crippen molar-refractivity contribution < 1.29 is 17.9 Å². The second kappa shape index (κ2) is 8.03. The van der Waals surface area contributed by atoms with Crippen LogP contribution in [0.1, 0.15) is 6.42 Å². The average molecular weight is 358 g/mol. The van der Waals surface area contributed by atoms with Gasteiger partial charge in [-0.25, -0.2) is 12.7 Å². The lowest BCUT2D eigenvalue weighted by atomic mass is 10.3. The number of carbonyl (C=O) groups excluding carboxylic acids is 1. The Morgan fingerprint density at radius 2 is 2.04 bits per heavy atom. The van der Waals surface area contributed by atoms with Crippen LogP contribution in [0.15, 0.2) is 29.2 Å². The van der Waals surface area contributed by atoms with Crippen molar-refractivity contribution in [2.75, 3.05) is 45.3 Å². The molecule has 1 aromatic rings. The van der Waals surface area contributed by atoms with E-state index in [1.165, 1.54) is 22.3 Å². The third-order valence-corrected chi connectivity index (χ3v) is 5.96. The van der Waals surface area contributed by atoms with E-state index in [1.54, 1.807) is 12.0 Å². The fourth-order valence-electron chi connectivity index (χ4n) is 2.40. The summed E-state index contributed by atoms with van der Waals surface area (Å²) in [5.74, 6) is 1.14. The summed E-state index contributed by atoms with van der Waals surface area (Å²) >= 11 is 1.46. The van der Waals surface area contributed by atoms with Gasteiger partial charge in [0.1, 0.15) is 5.75 Å². The fourth-order valence-corrected chi connectivity index (χ4v) is 4.12. The van der Waals surface area contributed by atoms with E-state index in [0.29, 0.717) is 38.4 Å². The molecule has 0 atom stereocenters. The molecule has 128 valence electrons. The summed E-state index contributed by atoms with van der Waals surface area (Å²) in [5.41, 5.74) is 0. The van der Waals surface area contributed by atoms with Gasteiger partial charge in [-0.1, -0.05) is 6.07 Å². The number of benzene rings is 1. The molecule has 1 fully saturated rings. The van der Waals surface area contributed by atoms with E-state index in [4.69, 9.17) is 4.74 Å². The molecule has 0 aromatic heterocycles. The average Bonchev–Trinajstić information content (AvgIpc) is 2.78.